The molecule has 23 heavy (non-hydrogen) atoms. The number of nitrogens with zero attached hydrogens (tertiary/aromatic N) is 3. The second kappa shape index (κ2) is 6.91. The number of aryl methyl sites for hydroxylation is 1. The van der Waals surface area contributed by atoms with Crippen LogP contribution in [0.5, 0.6) is 0 Å². The molecule has 0 fully saturated rings. The van der Waals surface area contributed by atoms with Crippen LogP contribution in [0.2, 0.25) is 0 Å². The smallest absolute Gasteiger partial charge is 0.407 e. The molecule has 0 saturated carbocycles. The molecular weight excluding hydrogens is 298 g/mol. The summed E-state index contributed by atoms with van der Waals surface area (Å²) in [6, 6.07) is 3.18. The number of hydrogen-bond donors (Lipinski definition) is 2. The first-order valence-corrected chi connectivity index (χ1v) is 7.16. The normalized spacial score (nSPS) is 10.4. The zero-order chi connectivity index (χ0) is 17.0. The Labute approximate surface area is 133 Å². The van der Waals surface area contributed by atoms with Gasteiger partial charge in [0.05, 0.1) is 35.9 Å². The van der Waals surface area contributed by atoms with Gasteiger partial charge >= 0.3 is 6.09 Å². The number of anilines is 1. The number of hydrogen-bond acceptors (Lipinski definition) is 6. The number of alkyl carbamates (subject to hydrolysis) is 1. The van der Waals surface area contributed by atoms with E-state index in [2.05, 4.69) is 15.4 Å². The first kappa shape index (κ1) is 16.5. The van der Waals surface area contributed by atoms with E-state index < -0.39 is 6.09 Å². The van der Waals surface area contributed by atoms with Crippen LogP contribution in [-0.2, 0) is 11.3 Å². The summed E-state index contributed by atoms with van der Waals surface area (Å²) >= 11 is 0. The van der Waals surface area contributed by atoms with E-state index in [0.29, 0.717) is 28.3 Å². The van der Waals surface area contributed by atoms with Gasteiger partial charge in [-0.05, 0) is 32.9 Å². The highest BCUT2D eigenvalue weighted by atomic mass is 16.5. The lowest BCUT2D eigenvalue weighted by atomic mass is 10.2. The molecule has 0 aliphatic rings. The Kier molecular flexibility index (Phi) is 4.95. The van der Waals surface area contributed by atoms with Crippen molar-refractivity contribution < 1.29 is 14.3 Å². The number of ether oxygens (including phenoxy) is 1. The van der Waals surface area contributed by atoms with Crippen molar-refractivity contribution in [1.29, 1.82) is 0 Å². The third kappa shape index (κ3) is 3.65. The van der Waals surface area contributed by atoms with Gasteiger partial charge in [-0.1, -0.05) is 0 Å². The molecule has 0 aromatic carbocycles. The topological polar surface area (TPSA) is 112 Å². The number of aromatic nitrogens is 3. The van der Waals surface area contributed by atoms with Gasteiger partial charge in [-0.3, -0.25) is 9.78 Å². The second-order valence-electron chi connectivity index (χ2n) is 4.91. The average Bonchev–Trinajstić information content (AvgIpc) is 2.80. The molecule has 0 unspecified atom stereocenters. The minimum absolute atomic E-state index is 0.166. The summed E-state index contributed by atoms with van der Waals surface area (Å²) in [7, 11) is 0. The van der Waals surface area contributed by atoms with Crippen LogP contribution in [0.25, 0.3) is 0 Å². The summed E-state index contributed by atoms with van der Waals surface area (Å²) in [5, 5.41) is 6.70. The van der Waals surface area contributed by atoms with Crippen molar-refractivity contribution in [2.24, 2.45) is 0 Å². The fourth-order valence-corrected chi connectivity index (χ4v) is 2.03. The first-order valence-electron chi connectivity index (χ1n) is 7.16. The fourth-order valence-electron chi connectivity index (χ4n) is 2.03. The minimum atomic E-state index is -0.530. The summed E-state index contributed by atoms with van der Waals surface area (Å²) in [6.07, 6.45) is 0.974. The Balaban J connectivity index is 2.17. The maximum absolute atomic E-state index is 12.5. The number of amides is 1. The lowest BCUT2D eigenvalue weighted by Crippen LogP contribution is -2.24. The molecule has 0 aliphatic heterocycles. The van der Waals surface area contributed by atoms with Crippen LogP contribution in [0.1, 0.15) is 34.4 Å². The van der Waals surface area contributed by atoms with Crippen molar-refractivity contribution in [3.05, 3.63) is 41.0 Å². The molecule has 122 valence electrons. The molecule has 2 heterocycles. The molecular formula is C15H19N5O3. The highest BCUT2D eigenvalue weighted by molar-refractivity contribution is 5.96. The molecule has 2 rings (SSSR count). The number of rotatable bonds is 4. The van der Waals surface area contributed by atoms with Crippen LogP contribution in [0.4, 0.5) is 10.5 Å². The molecule has 1 amide bonds. The Morgan fingerprint density at radius 3 is 2.74 bits per heavy atom. The molecule has 3 N–H and O–H groups in total. The predicted molar refractivity (Wildman–Crippen MR) is 83.9 cm³/mol. The van der Waals surface area contributed by atoms with Crippen molar-refractivity contribution in [1.82, 2.24) is 20.1 Å². The van der Waals surface area contributed by atoms with Gasteiger partial charge in [-0.15, -0.1) is 0 Å². The van der Waals surface area contributed by atoms with Crippen LogP contribution in [-0.4, -0.2) is 33.4 Å². The minimum Gasteiger partial charge on any atom is -0.450 e. The van der Waals surface area contributed by atoms with E-state index in [1.54, 1.807) is 32.9 Å². The summed E-state index contributed by atoms with van der Waals surface area (Å²) in [5.74, 6) is -0.304. The standard InChI is InChI=1S/C15H19N5O3/c1-4-23-15(22)18-8-12-7-11(5-6-17-12)14(21)20-10(3)13(16)9(2)19-20/h5-7H,4,8,16H2,1-3H3,(H,18,22). The first-order chi connectivity index (χ1) is 10.9. The molecule has 0 aliphatic carbocycles. The zero-order valence-corrected chi connectivity index (χ0v) is 13.3. The molecule has 0 spiro atoms. The number of nitrogens with one attached hydrogen (secondary N) is 1. The third-order valence-electron chi connectivity index (χ3n) is 3.29. The molecule has 0 bridgehead atoms. The van der Waals surface area contributed by atoms with Crippen molar-refractivity contribution in [2.75, 3.05) is 12.3 Å². The van der Waals surface area contributed by atoms with Gasteiger partial charge in [0.2, 0.25) is 0 Å². The highest BCUT2D eigenvalue weighted by Gasteiger charge is 2.16. The van der Waals surface area contributed by atoms with E-state index in [0.717, 1.165) is 0 Å². The lowest BCUT2D eigenvalue weighted by Gasteiger charge is -2.07. The summed E-state index contributed by atoms with van der Waals surface area (Å²) in [6.45, 7) is 5.65. The molecule has 0 saturated heterocycles. The molecule has 0 radical (unpaired) electrons. The maximum atomic E-state index is 12.5. The molecule has 0 atom stereocenters. The summed E-state index contributed by atoms with van der Waals surface area (Å²) in [5.41, 5.74) is 8.49. The fraction of sp³-hybridized carbons (Fsp3) is 0.333. The molecule has 2 aromatic rings. The van der Waals surface area contributed by atoms with E-state index in [-0.39, 0.29) is 19.1 Å². The summed E-state index contributed by atoms with van der Waals surface area (Å²) < 4.78 is 6.04. The Morgan fingerprint density at radius 1 is 1.39 bits per heavy atom. The second-order valence-corrected chi connectivity index (χ2v) is 4.91. The molecule has 2 aromatic heterocycles. The quantitative estimate of drug-likeness (QED) is 0.881. The molecule has 8 heteroatoms. The number of carbonyl (C=O) groups excluding carboxylic acids is 2. The number of carbonyl (C=O) groups is 2. The van der Waals surface area contributed by atoms with Gasteiger partial charge in [0.25, 0.3) is 5.91 Å². The van der Waals surface area contributed by atoms with Crippen LogP contribution in [0, 0.1) is 13.8 Å². The van der Waals surface area contributed by atoms with E-state index >= 15 is 0 Å². The predicted octanol–water partition coefficient (Wildman–Crippen LogP) is 1.41. The van der Waals surface area contributed by atoms with Gasteiger partial charge in [-0.2, -0.15) is 9.78 Å². The van der Waals surface area contributed by atoms with Gasteiger partial charge in [-0.25, -0.2) is 4.79 Å². The third-order valence-corrected chi connectivity index (χ3v) is 3.29. The lowest BCUT2D eigenvalue weighted by molar-refractivity contribution is 0.0942. The van der Waals surface area contributed by atoms with Crippen molar-refractivity contribution in [3.63, 3.8) is 0 Å². The Hall–Kier alpha value is -2.90. The zero-order valence-electron chi connectivity index (χ0n) is 13.3. The number of nitrogens with two attached hydrogens (primary N) is 1. The van der Waals surface area contributed by atoms with Gasteiger partial charge in [0, 0.05) is 11.8 Å². The number of pyridine rings is 1. The van der Waals surface area contributed by atoms with Gasteiger partial charge < -0.3 is 15.8 Å². The largest absolute Gasteiger partial charge is 0.450 e. The van der Waals surface area contributed by atoms with Crippen LogP contribution < -0.4 is 11.1 Å². The van der Waals surface area contributed by atoms with Gasteiger partial charge in [0.15, 0.2) is 0 Å². The Morgan fingerprint density at radius 2 is 2.13 bits per heavy atom. The van der Waals surface area contributed by atoms with Crippen LogP contribution >= 0.6 is 0 Å². The van der Waals surface area contributed by atoms with Crippen LogP contribution in [0.15, 0.2) is 18.3 Å². The van der Waals surface area contributed by atoms with E-state index in [1.807, 2.05) is 0 Å². The van der Waals surface area contributed by atoms with E-state index in [9.17, 15) is 9.59 Å². The highest BCUT2D eigenvalue weighted by Crippen LogP contribution is 2.16. The summed E-state index contributed by atoms with van der Waals surface area (Å²) in [4.78, 5) is 27.9. The number of nitrogen functional groups attached to an aromatic ring is 1. The SMILES string of the molecule is CCOC(=O)NCc1cc(C(=O)n2nc(C)c(N)c2C)ccn1. The van der Waals surface area contributed by atoms with Gasteiger partial charge in [0.1, 0.15) is 0 Å². The van der Waals surface area contributed by atoms with Crippen molar-refractivity contribution in [2.45, 2.75) is 27.3 Å². The monoisotopic (exact) mass is 317 g/mol. The Bertz CT molecular complexity index is 739. The maximum Gasteiger partial charge on any atom is 0.407 e. The van der Waals surface area contributed by atoms with E-state index in [4.69, 9.17) is 10.5 Å². The van der Waals surface area contributed by atoms with Crippen LogP contribution in [0.3, 0.4) is 0 Å². The molecule has 8 nitrogen and oxygen atoms in total. The van der Waals surface area contributed by atoms with E-state index in [1.165, 1.54) is 10.9 Å². The average molecular weight is 317 g/mol. The van der Waals surface area contributed by atoms with Crippen molar-refractivity contribution >= 4 is 17.7 Å². The van der Waals surface area contributed by atoms with Crippen molar-refractivity contribution in [3.8, 4) is 0 Å².